The number of thioether (sulfide) groups is 1. The van der Waals surface area contributed by atoms with Gasteiger partial charge in [-0.25, -0.2) is 15.0 Å². The quantitative estimate of drug-likeness (QED) is 0.868. The lowest BCUT2D eigenvalue weighted by Gasteiger charge is -2.31. The molecule has 0 bridgehead atoms. The molecule has 0 N–H and O–H groups in total. The van der Waals surface area contributed by atoms with Crippen LogP contribution in [0.25, 0.3) is 0 Å². The lowest BCUT2D eigenvalue weighted by molar-refractivity contribution is 0.579. The molecule has 2 aromatic rings. The average molecular weight is 286 g/mol. The number of rotatable bonds is 3. The third-order valence-electron chi connectivity index (χ3n) is 3.50. The molecule has 0 amide bonds. The minimum Gasteiger partial charge on any atom is -0.341 e. The van der Waals surface area contributed by atoms with Crippen molar-refractivity contribution in [2.24, 2.45) is 0 Å². The molecule has 0 aliphatic carbocycles. The fourth-order valence-corrected chi connectivity index (χ4v) is 3.69. The molecular weight excluding hydrogens is 268 g/mol. The van der Waals surface area contributed by atoms with Gasteiger partial charge in [0.25, 0.3) is 0 Å². The van der Waals surface area contributed by atoms with E-state index in [1.165, 1.54) is 23.3 Å². The van der Waals surface area contributed by atoms with Crippen LogP contribution in [0.2, 0.25) is 0 Å². The second-order valence-electron chi connectivity index (χ2n) is 5.06. The Hall–Kier alpha value is -1.62. The van der Waals surface area contributed by atoms with E-state index in [-0.39, 0.29) is 0 Å². The van der Waals surface area contributed by atoms with E-state index in [1.54, 1.807) is 12.7 Å². The normalized spacial score (nSPS) is 16.4. The first kappa shape index (κ1) is 13.4. The van der Waals surface area contributed by atoms with E-state index < -0.39 is 0 Å². The summed E-state index contributed by atoms with van der Waals surface area (Å²) in [5.41, 5.74) is 1.33. The molecule has 1 aliphatic heterocycles. The maximum Gasteiger partial charge on any atom is 0.228 e. The van der Waals surface area contributed by atoms with Crippen LogP contribution in [0.3, 0.4) is 0 Å². The molecule has 1 aromatic heterocycles. The zero-order valence-electron chi connectivity index (χ0n) is 11.6. The minimum atomic E-state index is 0.690. The second-order valence-corrected chi connectivity index (χ2v) is 6.43. The van der Waals surface area contributed by atoms with Crippen LogP contribution in [0, 0.1) is 6.92 Å². The molecule has 5 heteroatoms. The Balaban J connectivity index is 1.56. The summed E-state index contributed by atoms with van der Waals surface area (Å²) in [7, 11) is 0. The van der Waals surface area contributed by atoms with Crippen LogP contribution >= 0.6 is 11.8 Å². The van der Waals surface area contributed by atoms with Gasteiger partial charge in [-0.05, 0) is 31.9 Å². The number of benzene rings is 1. The van der Waals surface area contributed by atoms with Gasteiger partial charge in [0.05, 0.1) is 0 Å². The fraction of sp³-hybridized carbons (Fsp3) is 0.400. The highest BCUT2D eigenvalue weighted by atomic mass is 32.2. The first-order chi connectivity index (χ1) is 9.81. The predicted molar refractivity (Wildman–Crippen MR) is 82.1 cm³/mol. The van der Waals surface area contributed by atoms with Crippen LogP contribution in [0.5, 0.6) is 0 Å². The number of hydrogen-bond donors (Lipinski definition) is 0. The van der Waals surface area contributed by atoms with Gasteiger partial charge in [0.15, 0.2) is 0 Å². The zero-order valence-corrected chi connectivity index (χ0v) is 12.4. The van der Waals surface area contributed by atoms with Crippen molar-refractivity contribution in [3.05, 3.63) is 42.5 Å². The van der Waals surface area contributed by atoms with Gasteiger partial charge in [0.2, 0.25) is 5.95 Å². The van der Waals surface area contributed by atoms with Crippen molar-refractivity contribution in [2.45, 2.75) is 29.9 Å². The fourth-order valence-electron chi connectivity index (χ4n) is 2.45. The van der Waals surface area contributed by atoms with E-state index in [1.807, 2.05) is 11.8 Å². The van der Waals surface area contributed by atoms with E-state index in [0.717, 1.165) is 19.0 Å². The molecule has 20 heavy (non-hydrogen) atoms. The number of aryl methyl sites for hydroxylation is 1. The van der Waals surface area contributed by atoms with Crippen LogP contribution in [-0.2, 0) is 0 Å². The van der Waals surface area contributed by atoms with Crippen molar-refractivity contribution in [1.82, 2.24) is 15.0 Å². The van der Waals surface area contributed by atoms with Gasteiger partial charge in [-0.2, -0.15) is 0 Å². The number of aromatic nitrogens is 3. The summed E-state index contributed by atoms with van der Waals surface area (Å²) < 4.78 is 0. The van der Waals surface area contributed by atoms with Gasteiger partial charge in [0.1, 0.15) is 12.7 Å². The largest absolute Gasteiger partial charge is 0.341 e. The number of nitrogens with zero attached hydrogens (tertiary/aromatic N) is 4. The van der Waals surface area contributed by atoms with Crippen molar-refractivity contribution >= 4 is 17.7 Å². The summed E-state index contributed by atoms with van der Waals surface area (Å²) in [6.45, 7) is 4.19. The maximum atomic E-state index is 4.22. The van der Waals surface area contributed by atoms with Crippen molar-refractivity contribution in [1.29, 1.82) is 0 Å². The monoisotopic (exact) mass is 286 g/mol. The first-order valence-corrected chi connectivity index (χ1v) is 7.79. The molecule has 0 atom stereocenters. The van der Waals surface area contributed by atoms with Gasteiger partial charge in [-0.15, -0.1) is 11.8 Å². The molecular formula is C15H18N4S. The van der Waals surface area contributed by atoms with Gasteiger partial charge in [0, 0.05) is 23.2 Å². The maximum absolute atomic E-state index is 4.22. The van der Waals surface area contributed by atoms with Crippen LogP contribution in [0.15, 0.2) is 41.8 Å². The Morgan fingerprint density at radius 3 is 2.60 bits per heavy atom. The third kappa shape index (κ3) is 3.28. The molecule has 1 fully saturated rings. The highest BCUT2D eigenvalue weighted by molar-refractivity contribution is 8.00. The number of piperidine rings is 1. The van der Waals surface area contributed by atoms with Gasteiger partial charge in [-0.1, -0.05) is 17.7 Å². The Morgan fingerprint density at radius 2 is 1.90 bits per heavy atom. The van der Waals surface area contributed by atoms with Crippen molar-refractivity contribution in [3.8, 4) is 0 Å². The van der Waals surface area contributed by atoms with Crippen LogP contribution in [0.4, 0.5) is 5.95 Å². The van der Waals surface area contributed by atoms with Crippen molar-refractivity contribution < 1.29 is 0 Å². The van der Waals surface area contributed by atoms with Gasteiger partial charge >= 0.3 is 0 Å². The predicted octanol–water partition coefficient (Wildman–Crippen LogP) is 2.94. The van der Waals surface area contributed by atoms with E-state index in [2.05, 4.69) is 51.0 Å². The smallest absolute Gasteiger partial charge is 0.228 e. The number of hydrogen-bond acceptors (Lipinski definition) is 5. The highest BCUT2D eigenvalue weighted by Gasteiger charge is 2.21. The highest BCUT2D eigenvalue weighted by Crippen LogP contribution is 2.31. The Bertz CT molecular complexity index is 553. The molecule has 0 spiro atoms. The topological polar surface area (TPSA) is 41.9 Å². The Kier molecular flexibility index (Phi) is 4.16. The molecule has 0 unspecified atom stereocenters. The molecule has 1 aromatic carbocycles. The van der Waals surface area contributed by atoms with E-state index >= 15 is 0 Å². The summed E-state index contributed by atoms with van der Waals surface area (Å²) in [6, 6.07) is 8.75. The lowest BCUT2D eigenvalue weighted by atomic mass is 10.1. The molecule has 1 aliphatic rings. The minimum absolute atomic E-state index is 0.690. The standard InChI is InChI=1S/C15H18N4S/c1-12-3-2-4-14(9-12)20-13-5-7-19(8-6-13)15-17-10-16-11-18-15/h2-4,9-11,13H,5-8H2,1H3. The molecule has 0 radical (unpaired) electrons. The second kappa shape index (κ2) is 6.22. The van der Waals surface area contributed by atoms with Crippen molar-refractivity contribution in [3.63, 3.8) is 0 Å². The Labute approximate surface area is 123 Å². The van der Waals surface area contributed by atoms with Gasteiger partial charge in [-0.3, -0.25) is 0 Å². The number of anilines is 1. The summed E-state index contributed by atoms with van der Waals surface area (Å²) in [5.74, 6) is 0.805. The first-order valence-electron chi connectivity index (χ1n) is 6.91. The van der Waals surface area contributed by atoms with E-state index in [9.17, 15) is 0 Å². The average Bonchev–Trinajstić information content (AvgIpc) is 2.49. The summed E-state index contributed by atoms with van der Waals surface area (Å²) in [6.07, 6.45) is 5.47. The SMILES string of the molecule is Cc1cccc(SC2CCN(c3ncncn3)CC2)c1. The molecule has 2 heterocycles. The summed E-state index contributed by atoms with van der Waals surface area (Å²) in [5, 5.41) is 0.690. The Morgan fingerprint density at radius 1 is 1.15 bits per heavy atom. The third-order valence-corrected chi connectivity index (χ3v) is 4.83. The molecule has 104 valence electrons. The lowest BCUT2D eigenvalue weighted by Crippen LogP contribution is -2.35. The molecule has 4 nitrogen and oxygen atoms in total. The molecule has 3 rings (SSSR count). The van der Waals surface area contributed by atoms with Crippen LogP contribution < -0.4 is 4.90 Å². The van der Waals surface area contributed by atoms with E-state index in [4.69, 9.17) is 0 Å². The van der Waals surface area contributed by atoms with Gasteiger partial charge < -0.3 is 4.90 Å². The van der Waals surface area contributed by atoms with Crippen LogP contribution in [-0.4, -0.2) is 33.3 Å². The molecule has 1 saturated heterocycles. The van der Waals surface area contributed by atoms with E-state index in [0.29, 0.717) is 5.25 Å². The zero-order chi connectivity index (χ0) is 13.8. The van der Waals surface area contributed by atoms with Crippen molar-refractivity contribution in [2.75, 3.05) is 18.0 Å². The summed E-state index contributed by atoms with van der Waals surface area (Å²) in [4.78, 5) is 15.9. The summed E-state index contributed by atoms with van der Waals surface area (Å²) >= 11 is 2.00. The van der Waals surface area contributed by atoms with Crippen LogP contribution in [0.1, 0.15) is 18.4 Å². The molecule has 0 saturated carbocycles.